The highest BCUT2D eigenvalue weighted by atomic mass is 32.2. The summed E-state index contributed by atoms with van der Waals surface area (Å²) in [6.07, 6.45) is 1.64. The molecular weight excluding hydrogens is 464 g/mol. The number of nitrogens with zero attached hydrogens (tertiary/aromatic N) is 2. The number of aromatic hydroxyl groups is 1. The number of aliphatic imine (C=N–C) groups is 1. The second-order valence-electron chi connectivity index (χ2n) is 7.56. The molecule has 0 aliphatic carbocycles. The number of aromatic carboxylic acids is 1. The van der Waals surface area contributed by atoms with E-state index in [0.29, 0.717) is 32.8 Å². The summed E-state index contributed by atoms with van der Waals surface area (Å²) in [6, 6.07) is 26.3. The monoisotopic (exact) mass is 482 g/mol. The third-order valence-corrected chi connectivity index (χ3v) is 6.18. The van der Waals surface area contributed by atoms with Gasteiger partial charge in [-0.25, -0.2) is 9.79 Å². The first-order valence-electron chi connectivity index (χ1n) is 10.6. The van der Waals surface area contributed by atoms with Crippen LogP contribution in [0.1, 0.15) is 16.1 Å². The quantitative estimate of drug-likeness (QED) is 0.330. The van der Waals surface area contributed by atoms with Crippen LogP contribution >= 0.6 is 11.8 Å². The average molecular weight is 483 g/mol. The van der Waals surface area contributed by atoms with Crippen LogP contribution in [0, 0.1) is 0 Å². The maximum Gasteiger partial charge on any atom is 0.339 e. The van der Waals surface area contributed by atoms with Crippen molar-refractivity contribution in [1.82, 2.24) is 0 Å². The molecule has 5 rings (SSSR count). The van der Waals surface area contributed by atoms with Gasteiger partial charge in [-0.2, -0.15) is 0 Å². The van der Waals surface area contributed by atoms with E-state index in [1.54, 1.807) is 29.2 Å². The number of para-hydroxylation sites is 2. The molecule has 1 aliphatic rings. The van der Waals surface area contributed by atoms with Gasteiger partial charge in [0, 0.05) is 11.6 Å². The first-order chi connectivity index (χ1) is 17.0. The van der Waals surface area contributed by atoms with Crippen LogP contribution < -0.4 is 4.90 Å². The number of hydrogen-bond donors (Lipinski definition) is 2. The number of anilines is 1. The lowest BCUT2D eigenvalue weighted by Gasteiger charge is -2.15. The predicted molar refractivity (Wildman–Crippen MR) is 136 cm³/mol. The summed E-state index contributed by atoms with van der Waals surface area (Å²) in [6.45, 7) is 0. The van der Waals surface area contributed by atoms with E-state index in [9.17, 15) is 19.8 Å². The summed E-state index contributed by atoms with van der Waals surface area (Å²) in [4.78, 5) is 31.4. The van der Waals surface area contributed by atoms with Gasteiger partial charge in [-0.1, -0.05) is 36.4 Å². The van der Waals surface area contributed by atoms with Gasteiger partial charge in [0.15, 0.2) is 5.17 Å². The minimum Gasteiger partial charge on any atom is -0.507 e. The molecule has 7 nitrogen and oxygen atoms in total. The number of carbonyl (C=O) groups is 2. The standard InChI is InChI=1S/C27H18N2O5S/c30-22-13-11-17(15-21(22)26(32)33)23-14-12-20(34-23)16-24-25(31)29(19-9-5-2-6-10-19)27(35-24)28-18-7-3-1-4-8-18/h1-16,30H,(H,32,33)/b24-16-,28-27?. The van der Waals surface area contributed by atoms with Crippen molar-refractivity contribution in [3.8, 4) is 17.1 Å². The molecule has 1 fully saturated rings. The number of furan rings is 1. The zero-order valence-corrected chi connectivity index (χ0v) is 19.0. The molecule has 0 radical (unpaired) electrons. The van der Waals surface area contributed by atoms with Crippen LogP contribution in [0.3, 0.4) is 0 Å². The highest BCUT2D eigenvalue weighted by molar-refractivity contribution is 8.19. The second-order valence-corrected chi connectivity index (χ2v) is 8.56. The maximum absolute atomic E-state index is 13.4. The van der Waals surface area contributed by atoms with Crippen molar-refractivity contribution >= 4 is 46.3 Å². The van der Waals surface area contributed by atoms with E-state index >= 15 is 0 Å². The molecule has 2 heterocycles. The van der Waals surface area contributed by atoms with E-state index in [1.165, 1.54) is 23.9 Å². The number of amidine groups is 1. The number of phenols is 1. The third kappa shape index (κ3) is 4.60. The number of benzene rings is 3. The summed E-state index contributed by atoms with van der Waals surface area (Å²) in [7, 11) is 0. The molecule has 8 heteroatoms. The third-order valence-electron chi connectivity index (χ3n) is 5.21. The van der Waals surface area contributed by atoms with Crippen molar-refractivity contribution in [3.63, 3.8) is 0 Å². The van der Waals surface area contributed by atoms with Crippen molar-refractivity contribution in [2.45, 2.75) is 0 Å². The minimum atomic E-state index is -1.24. The van der Waals surface area contributed by atoms with Crippen molar-refractivity contribution in [3.05, 3.63) is 107 Å². The van der Waals surface area contributed by atoms with Gasteiger partial charge < -0.3 is 14.6 Å². The first kappa shape index (κ1) is 22.2. The Bertz CT molecular complexity index is 1480. The number of carbonyl (C=O) groups excluding carboxylic acids is 1. The summed E-state index contributed by atoms with van der Waals surface area (Å²) >= 11 is 1.24. The Labute approximate surface area is 204 Å². The highest BCUT2D eigenvalue weighted by Gasteiger charge is 2.35. The molecule has 0 spiro atoms. The number of carboxylic acids is 1. The Balaban J connectivity index is 1.49. The Hall–Kier alpha value is -4.56. The maximum atomic E-state index is 13.4. The fourth-order valence-corrected chi connectivity index (χ4v) is 4.52. The lowest BCUT2D eigenvalue weighted by molar-refractivity contribution is -0.113. The number of carboxylic acid groups (broad SMARTS) is 1. The molecule has 0 bridgehead atoms. The Morgan fingerprint density at radius 3 is 2.37 bits per heavy atom. The van der Waals surface area contributed by atoms with E-state index in [4.69, 9.17) is 4.42 Å². The van der Waals surface area contributed by atoms with Crippen LogP contribution in [-0.2, 0) is 4.79 Å². The Kier molecular flexibility index (Phi) is 5.95. The van der Waals surface area contributed by atoms with Gasteiger partial charge >= 0.3 is 5.97 Å². The summed E-state index contributed by atoms with van der Waals surface area (Å²) in [5.74, 6) is -0.957. The molecule has 172 valence electrons. The van der Waals surface area contributed by atoms with E-state index in [1.807, 2.05) is 60.7 Å². The molecule has 35 heavy (non-hydrogen) atoms. The molecule has 3 aromatic carbocycles. The predicted octanol–water partition coefficient (Wildman–Crippen LogP) is 6.16. The molecule has 1 saturated heterocycles. The van der Waals surface area contributed by atoms with Crippen LogP contribution in [0.5, 0.6) is 5.75 Å². The molecule has 1 aromatic heterocycles. The largest absolute Gasteiger partial charge is 0.507 e. The first-order valence-corrected chi connectivity index (χ1v) is 11.4. The topological polar surface area (TPSA) is 103 Å². The zero-order valence-electron chi connectivity index (χ0n) is 18.2. The fourth-order valence-electron chi connectivity index (χ4n) is 3.54. The average Bonchev–Trinajstić information content (AvgIpc) is 3.45. The zero-order chi connectivity index (χ0) is 24.4. The van der Waals surface area contributed by atoms with Crippen LogP contribution in [0.4, 0.5) is 11.4 Å². The lowest BCUT2D eigenvalue weighted by Crippen LogP contribution is -2.28. The van der Waals surface area contributed by atoms with Gasteiger partial charge in [0.1, 0.15) is 22.8 Å². The molecule has 0 atom stereocenters. The van der Waals surface area contributed by atoms with Gasteiger partial charge in [-0.05, 0) is 66.4 Å². The second kappa shape index (κ2) is 9.36. The van der Waals surface area contributed by atoms with Crippen LogP contribution in [-0.4, -0.2) is 27.3 Å². The van der Waals surface area contributed by atoms with Gasteiger partial charge in [-0.15, -0.1) is 0 Å². The SMILES string of the molecule is O=C(O)c1cc(-c2ccc(/C=C3\SC(=Nc4ccccc4)N(c4ccccc4)C3=O)o2)ccc1O. The number of amides is 1. The number of rotatable bonds is 5. The van der Waals surface area contributed by atoms with Gasteiger partial charge in [0.2, 0.25) is 0 Å². The van der Waals surface area contributed by atoms with Crippen molar-refractivity contribution in [1.29, 1.82) is 0 Å². The van der Waals surface area contributed by atoms with Crippen LogP contribution in [0.2, 0.25) is 0 Å². The summed E-state index contributed by atoms with van der Waals surface area (Å²) in [5, 5.41) is 19.5. The molecule has 1 amide bonds. The lowest BCUT2D eigenvalue weighted by atomic mass is 10.1. The molecule has 0 unspecified atom stereocenters. The van der Waals surface area contributed by atoms with Crippen molar-refractivity contribution in [2.24, 2.45) is 4.99 Å². The highest BCUT2D eigenvalue weighted by Crippen LogP contribution is 2.38. The number of thioether (sulfide) groups is 1. The molecular formula is C27H18N2O5S. The summed E-state index contributed by atoms with van der Waals surface area (Å²) < 4.78 is 5.87. The minimum absolute atomic E-state index is 0.222. The Morgan fingerprint density at radius 2 is 1.66 bits per heavy atom. The smallest absolute Gasteiger partial charge is 0.339 e. The molecule has 0 saturated carbocycles. The van der Waals surface area contributed by atoms with Gasteiger partial charge in [0.05, 0.1) is 16.3 Å². The van der Waals surface area contributed by atoms with Crippen molar-refractivity contribution < 1.29 is 24.2 Å². The van der Waals surface area contributed by atoms with Gasteiger partial charge in [-0.3, -0.25) is 9.69 Å². The van der Waals surface area contributed by atoms with E-state index in [2.05, 4.69) is 4.99 Å². The molecule has 4 aromatic rings. The van der Waals surface area contributed by atoms with Crippen LogP contribution in [0.25, 0.3) is 17.4 Å². The summed E-state index contributed by atoms with van der Waals surface area (Å²) in [5.41, 5.74) is 1.70. The van der Waals surface area contributed by atoms with E-state index in [-0.39, 0.29) is 17.2 Å². The van der Waals surface area contributed by atoms with E-state index < -0.39 is 5.97 Å². The molecule has 1 aliphatic heterocycles. The Morgan fingerprint density at radius 1 is 0.943 bits per heavy atom. The van der Waals surface area contributed by atoms with E-state index in [0.717, 1.165) is 5.69 Å². The van der Waals surface area contributed by atoms with Gasteiger partial charge in [0.25, 0.3) is 5.91 Å². The normalized spacial score (nSPS) is 15.8. The number of hydrogen-bond acceptors (Lipinski definition) is 6. The molecule has 2 N–H and O–H groups in total. The van der Waals surface area contributed by atoms with Crippen molar-refractivity contribution in [2.75, 3.05) is 4.90 Å². The van der Waals surface area contributed by atoms with Crippen LogP contribution in [0.15, 0.2) is 105 Å². The fraction of sp³-hybridized carbons (Fsp3) is 0.